The highest BCUT2D eigenvalue weighted by atomic mass is 15.3. The molecule has 0 spiro atoms. The fourth-order valence-corrected chi connectivity index (χ4v) is 2.45. The van der Waals surface area contributed by atoms with Gasteiger partial charge in [-0.3, -0.25) is 9.58 Å². The van der Waals surface area contributed by atoms with Gasteiger partial charge in [0.1, 0.15) is 0 Å². The molecule has 1 aromatic heterocycles. The number of piperidine rings is 1. The Morgan fingerprint density at radius 2 is 2.35 bits per heavy atom. The first kappa shape index (κ1) is 12.6. The van der Waals surface area contributed by atoms with Gasteiger partial charge in [0.2, 0.25) is 0 Å². The molecule has 2 unspecified atom stereocenters. The Morgan fingerprint density at radius 1 is 1.53 bits per heavy atom. The van der Waals surface area contributed by atoms with Crippen molar-refractivity contribution < 1.29 is 0 Å². The van der Waals surface area contributed by atoms with Crippen molar-refractivity contribution in [3.05, 3.63) is 18.0 Å². The number of aryl methyl sites for hydroxylation is 1. The molecule has 2 N–H and O–H groups in total. The minimum absolute atomic E-state index is 0.325. The fourth-order valence-electron chi connectivity index (χ4n) is 2.45. The highest BCUT2D eigenvalue weighted by Crippen LogP contribution is 2.17. The Kier molecular flexibility index (Phi) is 4.18. The van der Waals surface area contributed by atoms with Gasteiger partial charge in [-0.2, -0.15) is 5.10 Å². The molecule has 4 heteroatoms. The summed E-state index contributed by atoms with van der Waals surface area (Å²) in [4.78, 5) is 2.45. The summed E-state index contributed by atoms with van der Waals surface area (Å²) in [5.74, 6) is 0.659. The topological polar surface area (TPSA) is 47.1 Å². The minimum atomic E-state index is 0.325. The molecule has 1 aliphatic rings. The second-order valence-electron chi connectivity index (χ2n) is 5.21. The van der Waals surface area contributed by atoms with Gasteiger partial charge < -0.3 is 5.73 Å². The zero-order chi connectivity index (χ0) is 12.3. The van der Waals surface area contributed by atoms with Crippen LogP contribution in [0.25, 0.3) is 0 Å². The lowest BCUT2D eigenvalue weighted by Crippen LogP contribution is -2.47. The third-order valence-corrected chi connectivity index (χ3v) is 3.73. The molecule has 1 saturated heterocycles. The molecule has 0 aliphatic carbocycles. The standard InChI is InChI=1S/C13H24N4/c1-3-7-17-12(4-6-15-17)9-16-8-5-11(2)13(14)10-16/h4,6,11,13H,3,5,7-10,14H2,1-2H3. The molecule has 2 heterocycles. The summed E-state index contributed by atoms with van der Waals surface area (Å²) >= 11 is 0. The first-order valence-electron chi connectivity index (χ1n) is 6.69. The van der Waals surface area contributed by atoms with Gasteiger partial charge in [-0.25, -0.2) is 0 Å². The Labute approximate surface area is 104 Å². The molecule has 1 aromatic rings. The van der Waals surface area contributed by atoms with Crippen LogP contribution in [0.5, 0.6) is 0 Å². The van der Waals surface area contributed by atoms with Crippen LogP contribution in [0, 0.1) is 5.92 Å². The van der Waals surface area contributed by atoms with E-state index in [2.05, 4.69) is 34.6 Å². The van der Waals surface area contributed by atoms with Crippen LogP contribution < -0.4 is 5.73 Å². The molecule has 1 aliphatic heterocycles. The van der Waals surface area contributed by atoms with Crippen molar-refractivity contribution in [3.8, 4) is 0 Å². The third kappa shape index (κ3) is 3.07. The molecule has 4 nitrogen and oxygen atoms in total. The fraction of sp³-hybridized carbons (Fsp3) is 0.769. The van der Waals surface area contributed by atoms with Crippen LogP contribution in [0.4, 0.5) is 0 Å². The molecule has 17 heavy (non-hydrogen) atoms. The average molecular weight is 236 g/mol. The monoisotopic (exact) mass is 236 g/mol. The van der Waals surface area contributed by atoms with E-state index in [4.69, 9.17) is 5.73 Å². The van der Waals surface area contributed by atoms with Crippen molar-refractivity contribution in [2.75, 3.05) is 13.1 Å². The smallest absolute Gasteiger partial charge is 0.0524 e. The Balaban J connectivity index is 1.94. The molecule has 0 radical (unpaired) electrons. The van der Waals surface area contributed by atoms with Crippen molar-refractivity contribution in [3.63, 3.8) is 0 Å². The largest absolute Gasteiger partial charge is 0.326 e. The molecule has 2 atom stereocenters. The molecule has 0 saturated carbocycles. The van der Waals surface area contributed by atoms with Crippen LogP contribution in [-0.2, 0) is 13.1 Å². The van der Waals surface area contributed by atoms with Crippen molar-refractivity contribution in [2.24, 2.45) is 11.7 Å². The van der Waals surface area contributed by atoms with Gasteiger partial charge in [0.05, 0.1) is 5.69 Å². The van der Waals surface area contributed by atoms with E-state index < -0.39 is 0 Å². The maximum absolute atomic E-state index is 6.13. The summed E-state index contributed by atoms with van der Waals surface area (Å²) in [5.41, 5.74) is 7.44. The average Bonchev–Trinajstić information content (AvgIpc) is 2.72. The summed E-state index contributed by atoms with van der Waals surface area (Å²) in [6.07, 6.45) is 4.24. The predicted molar refractivity (Wildman–Crippen MR) is 69.6 cm³/mol. The van der Waals surface area contributed by atoms with Gasteiger partial charge in [0.15, 0.2) is 0 Å². The summed E-state index contributed by atoms with van der Waals surface area (Å²) in [6, 6.07) is 2.45. The van der Waals surface area contributed by atoms with Gasteiger partial charge in [0.25, 0.3) is 0 Å². The zero-order valence-corrected chi connectivity index (χ0v) is 11.0. The van der Waals surface area contributed by atoms with Gasteiger partial charge in [-0.05, 0) is 31.4 Å². The lowest BCUT2D eigenvalue weighted by Gasteiger charge is -2.35. The highest BCUT2D eigenvalue weighted by Gasteiger charge is 2.23. The summed E-state index contributed by atoms with van der Waals surface area (Å²) in [6.45, 7) is 8.61. The Morgan fingerprint density at radius 3 is 3.06 bits per heavy atom. The molecule has 0 bridgehead atoms. The van der Waals surface area contributed by atoms with E-state index in [9.17, 15) is 0 Å². The summed E-state index contributed by atoms with van der Waals surface area (Å²) in [5, 5.41) is 4.36. The maximum atomic E-state index is 6.13. The SMILES string of the molecule is CCCn1nccc1CN1CCC(C)C(N)C1. The van der Waals surface area contributed by atoms with Gasteiger partial charge >= 0.3 is 0 Å². The maximum Gasteiger partial charge on any atom is 0.0524 e. The lowest BCUT2D eigenvalue weighted by atomic mass is 9.94. The van der Waals surface area contributed by atoms with Gasteiger partial charge in [-0.15, -0.1) is 0 Å². The van der Waals surface area contributed by atoms with Crippen molar-refractivity contribution in [2.45, 2.75) is 45.8 Å². The predicted octanol–water partition coefficient (Wildman–Crippen LogP) is 1.46. The number of rotatable bonds is 4. The first-order chi connectivity index (χ1) is 8.20. The van der Waals surface area contributed by atoms with Crippen molar-refractivity contribution in [1.82, 2.24) is 14.7 Å². The number of hydrogen-bond donors (Lipinski definition) is 1. The number of likely N-dealkylation sites (tertiary alicyclic amines) is 1. The molecule has 96 valence electrons. The lowest BCUT2D eigenvalue weighted by molar-refractivity contribution is 0.158. The van der Waals surface area contributed by atoms with E-state index in [-0.39, 0.29) is 0 Å². The minimum Gasteiger partial charge on any atom is -0.326 e. The van der Waals surface area contributed by atoms with E-state index >= 15 is 0 Å². The van der Waals surface area contributed by atoms with E-state index in [1.54, 1.807) is 0 Å². The second-order valence-corrected chi connectivity index (χ2v) is 5.21. The van der Waals surface area contributed by atoms with E-state index in [0.29, 0.717) is 12.0 Å². The third-order valence-electron chi connectivity index (χ3n) is 3.73. The molecule has 0 aromatic carbocycles. The van der Waals surface area contributed by atoms with Crippen molar-refractivity contribution in [1.29, 1.82) is 0 Å². The number of nitrogens with zero attached hydrogens (tertiary/aromatic N) is 3. The van der Waals surface area contributed by atoms with E-state index in [1.807, 2.05) is 6.20 Å². The molecular formula is C13H24N4. The zero-order valence-electron chi connectivity index (χ0n) is 11.0. The number of aromatic nitrogens is 2. The molecule has 2 rings (SSSR count). The second kappa shape index (κ2) is 5.65. The van der Waals surface area contributed by atoms with Crippen LogP contribution in [0.2, 0.25) is 0 Å². The highest BCUT2D eigenvalue weighted by molar-refractivity contribution is 5.01. The molecule has 1 fully saturated rings. The Hall–Kier alpha value is -0.870. The molecular weight excluding hydrogens is 212 g/mol. The van der Waals surface area contributed by atoms with Crippen LogP contribution in [0.3, 0.4) is 0 Å². The summed E-state index contributed by atoms with van der Waals surface area (Å²) < 4.78 is 2.11. The number of nitrogens with two attached hydrogens (primary N) is 1. The quantitative estimate of drug-likeness (QED) is 0.861. The number of hydrogen-bond acceptors (Lipinski definition) is 3. The Bertz CT molecular complexity index is 347. The summed E-state index contributed by atoms with van der Waals surface area (Å²) in [7, 11) is 0. The van der Waals surface area contributed by atoms with Crippen molar-refractivity contribution >= 4 is 0 Å². The normalized spacial score (nSPS) is 26.3. The van der Waals surface area contributed by atoms with Crippen LogP contribution in [0.15, 0.2) is 12.3 Å². The van der Waals surface area contributed by atoms with E-state index in [1.165, 1.54) is 12.1 Å². The van der Waals surface area contributed by atoms with Crippen LogP contribution in [-0.4, -0.2) is 33.8 Å². The molecule has 0 amide bonds. The van der Waals surface area contributed by atoms with Crippen LogP contribution >= 0.6 is 0 Å². The van der Waals surface area contributed by atoms with Crippen LogP contribution in [0.1, 0.15) is 32.4 Å². The van der Waals surface area contributed by atoms with Gasteiger partial charge in [-0.1, -0.05) is 13.8 Å². The van der Waals surface area contributed by atoms with Gasteiger partial charge in [0, 0.05) is 31.9 Å². The van der Waals surface area contributed by atoms with E-state index in [0.717, 1.165) is 32.6 Å². The first-order valence-corrected chi connectivity index (χ1v) is 6.69.